The van der Waals surface area contributed by atoms with Gasteiger partial charge in [0.25, 0.3) is 0 Å². The van der Waals surface area contributed by atoms with Gasteiger partial charge in [-0.3, -0.25) is 4.79 Å². The van der Waals surface area contributed by atoms with Crippen LogP contribution in [0.3, 0.4) is 0 Å². The molecule has 1 amide bonds. The Bertz CT molecular complexity index is 447. The predicted molar refractivity (Wildman–Crippen MR) is 72.2 cm³/mol. The summed E-state index contributed by atoms with van der Waals surface area (Å²) in [6, 6.07) is 3.60. The van der Waals surface area contributed by atoms with Gasteiger partial charge < -0.3 is 5.32 Å². The largest absolute Gasteiger partial charge is 0.324 e. The van der Waals surface area contributed by atoms with Crippen molar-refractivity contribution in [3.63, 3.8) is 0 Å². The number of amides is 1. The minimum atomic E-state index is -0.374. The van der Waals surface area contributed by atoms with Crippen LogP contribution in [0, 0.1) is 0 Å². The van der Waals surface area contributed by atoms with Crippen molar-refractivity contribution in [1.29, 1.82) is 0 Å². The number of hydrogen-bond acceptors (Lipinski definition) is 2. The molecule has 8 heteroatoms. The van der Waals surface area contributed by atoms with Gasteiger partial charge in [-0.05, 0) is 49.5 Å². The molecular weight excluding hydrogens is 408 g/mol. The van der Waals surface area contributed by atoms with Gasteiger partial charge in [-0.15, -0.1) is 0 Å². The van der Waals surface area contributed by atoms with E-state index >= 15 is 0 Å². The zero-order valence-electron chi connectivity index (χ0n) is 7.75. The van der Waals surface area contributed by atoms with E-state index < -0.39 is 0 Å². The lowest BCUT2D eigenvalue weighted by atomic mass is 10.3. The van der Waals surface area contributed by atoms with E-state index in [2.05, 4.69) is 63.1 Å². The number of carbonyl (C=O) groups is 1. The Morgan fingerprint density at radius 1 is 1.38 bits per heavy atom. The van der Waals surface area contributed by atoms with E-state index in [-0.39, 0.29) is 12.5 Å². The van der Waals surface area contributed by atoms with Crippen LogP contribution >= 0.6 is 47.8 Å². The SMILES string of the molecule is [N-]=[N+]=NCC(=O)Nc1c(Br)cc(Br)cc1Br. The summed E-state index contributed by atoms with van der Waals surface area (Å²) in [6.45, 7) is -0.231. The molecule has 1 aromatic carbocycles. The number of hydrogen-bond donors (Lipinski definition) is 1. The molecule has 0 aromatic heterocycles. The predicted octanol–water partition coefficient (Wildman–Crippen LogP) is 4.22. The molecule has 0 aliphatic heterocycles. The van der Waals surface area contributed by atoms with Crippen molar-refractivity contribution >= 4 is 59.4 Å². The second-order valence-electron chi connectivity index (χ2n) is 2.68. The van der Waals surface area contributed by atoms with Crippen LogP contribution in [0.25, 0.3) is 10.4 Å². The Labute approximate surface area is 117 Å². The highest BCUT2D eigenvalue weighted by atomic mass is 79.9. The van der Waals surface area contributed by atoms with E-state index in [0.29, 0.717) is 5.69 Å². The topological polar surface area (TPSA) is 77.9 Å². The highest BCUT2D eigenvalue weighted by Crippen LogP contribution is 2.34. The third kappa shape index (κ3) is 3.79. The van der Waals surface area contributed by atoms with E-state index in [4.69, 9.17) is 5.53 Å². The fraction of sp³-hybridized carbons (Fsp3) is 0.125. The van der Waals surface area contributed by atoms with Crippen molar-refractivity contribution in [1.82, 2.24) is 0 Å². The maximum atomic E-state index is 11.3. The molecule has 0 aliphatic carbocycles. The lowest BCUT2D eigenvalue weighted by molar-refractivity contribution is -0.114. The molecule has 16 heavy (non-hydrogen) atoms. The van der Waals surface area contributed by atoms with Crippen LogP contribution in [0.4, 0.5) is 5.69 Å². The van der Waals surface area contributed by atoms with Crippen molar-refractivity contribution in [2.75, 3.05) is 11.9 Å². The first-order chi connectivity index (χ1) is 7.54. The Balaban J connectivity index is 2.89. The molecule has 0 saturated carbocycles. The van der Waals surface area contributed by atoms with Gasteiger partial charge >= 0.3 is 0 Å². The maximum Gasteiger partial charge on any atom is 0.230 e. The van der Waals surface area contributed by atoms with Crippen molar-refractivity contribution in [2.45, 2.75) is 0 Å². The van der Waals surface area contributed by atoms with Gasteiger partial charge in [0.2, 0.25) is 5.91 Å². The molecule has 1 N–H and O–H groups in total. The first-order valence-corrected chi connectivity index (χ1v) is 6.37. The Morgan fingerprint density at radius 2 is 1.94 bits per heavy atom. The van der Waals surface area contributed by atoms with Gasteiger partial charge in [-0.1, -0.05) is 21.0 Å². The molecule has 5 nitrogen and oxygen atoms in total. The number of carbonyl (C=O) groups excluding carboxylic acids is 1. The third-order valence-electron chi connectivity index (χ3n) is 1.55. The van der Waals surface area contributed by atoms with Gasteiger partial charge in [0, 0.05) is 18.3 Å². The Morgan fingerprint density at radius 3 is 2.44 bits per heavy atom. The minimum absolute atomic E-state index is 0.231. The van der Waals surface area contributed by atoms with Crippen molar-refractivity contribution in [2.24, 2.45) is 5.11 Å². The van der Waals surface area contributed by atoms with Gasteiger partial charge in [0.15, 0.2) is 0 Å². The summed E-state index contributed by atoms with van der Waals surface area (Å²) < 4.78 is 2.32. The maximum absolute atomic E-state index is 11.3. The van der Waals surface area contributed by atoms with Crippen molar-refractivity contribution < 1.29 is 4.79 Å². The van der Waals surface area contributed by atoms with Crippen LogP contribution in [-0.4, -0.2) is 12.5 Å². The van der Waals surface area contributed by atoms with Crippen molar-refractivity contribution in [3.8, 4) is 0 Å². The number of halogens is 3. The summed E-state index contributed by atoms with van der Waals surface area (Å²) in [4.78, 5) is 13.8. The average Bonchev–Trinajstić information content (AvgIpc) is 2.20. The lowest BCUT2D eigenvalue weighted by Gasteiger charge is -2.09. The van der Waals surface area contributed by atoms with Gasteiger partial charge in [0.1, 0.15) is 6.54 Å². The summed E-state index contributed by atoms with van der Waals surface area (Å²) in [6.07, 6.45) is 0. The number of anilines is 1. The van der Waals surface area contributed by atoms with Crippen LogP contribution in [0.5, 0.6) is 0 Å². The van der Waals surface area contributed by atoms with Crippen LogP contribution < -0.4 is 5.32 Å². The quantitative estimate of drug-likeness (QED) is 0.450. The summed E-state index contributed by atoms with van der Waals surface area (Å²) in [5, 5.41) is 5.80. The molecule has 0 fully saturated rings. The van der Waals surface area contributed by atoms with Crippen LogP contribution in [0.15, 0.2) is 30.7 Å². The molecule has 1 aromatic rings. The molecule has 0 saturated heterocycles. The van der Waals surface area contributed by atoms with Crippen LogP contribution in [-0.2, 0) is 4.79 Å². The number of rotatable bonds is 3. The Hall–Kier alpha value is -0.560. The smallest absolute Gasteiger partial charge is 0.230 e. The summed E-state index contributed by atoms with van der Waals surface area (Å²) in [7, 11) is 0. The minimum Gasteiger partial charge on any atom is -0.324 e. The lowest BCUT2D eigenvalue weighted by Crippen LogP contribution is -2.15. The fourth-order valence-electron chi connectivity index (χ4n) is 0.936. The molecule has 0 atom stereocenters. The highest BCUT2D eigenvalue weighted by molar-refractivity contribution is 9.11. The fourth-order valence-corrected chi connectivity index (χ4v) is 3.39. The molecule has 0 heterocycles. The number of benzene rings is 1. The van der Waals surface area contributed by atoms with E-state index in [0.717, 1.165) is 13.4 Å². The second kappa shape index (κ2) is 6.24. The average molecular weight is 413 g/mol. The van der Waals surface area contributed by atoms with Crippen molar-refractivity contribution in [3.05, 3.63) is 36.0 Å². The zero-order valence-corrected chi connectivity index (χ0v) is 12.5. The number of azide groups is 1. The highest BCUT2D eigenvalue weighted by Gasteiger charge is 2.09. The molecular formula is C8H5Br3N4O. The first kappa shape index (κ1) is 13.5. The third-order valence-corrected chi connectivity index (χ3v) is 3.26. The summed E-state index contributed by atoms with van der Waals surface area (Å²) in [5.41, 5.74) is 8.68. The second-order valence-corrected chi connectivity index (χ2v) is 5.31. The first-order valence-electron chi connectivity index (χ1n) is 4.00. The van der Waals surface area contributed by atoms with Crippen LogP contribution in [0.2, 0.25) is 0 Å². The summed E-state index contributed by atoms with van der Waals surface area (Å²) >= 11 is 9.95. The monoisotopic (exact) mass is 410 g/mol. The van der Waals surface area contributed by atoms with E-state index in [1.165, 1.54) is 0 Å². The zero-order chi connectivity index (χ0) is 12.1. The van der Waals surface area contributed by atoms with Gasteiger partial charge in [0.05, 0.1) is 5.69 Å². The molecule has 84 valence electrons. The van der Waals surface area contributed by atoms with Crippen LogP contribution in [0.1, 0.15) is 0 Å². The summed E-state index contributed by atoms with van der Waals surface area (Å²) in [5.74, 6) is -0.374. The Kier molecular flexibility index (Phi) is 5.27. The van der Waals surface area contributed by atoms with Gasteiger partial charge in [-0.25, -0.2) is 0 Å². The molecule has 0 aliphatic rings. The van der Waals surface area contributed by atoms with Gasteiger partial charge in [-0.2, -0.15) is 0 Å². The van der Waals surface area contributed by atoms with E-state index in [1.807, 2.05) is 0 Å². The standard InChI is InChI=1S/C8H5Br3N4O/c9-4-1-5(10)8(6(11)2-4)14-7(16)3-13-15-12/h1-2H,3H2,(H,14,16). The molecule has 0 spiro atoms. The molecule has 0 unspecified atom stereocenters. The molecule has 1 rings (SSSR count). The number of nitrogens with zero attached hydrogens (tertiary/aromatic N) is 3. The molecule has 0 bridgehead atoms. The molecule has 0 radical (unpaired) electrons. The normalized spacial score (nSPS) is 9.44. The van der Waals surface area contributed by atoms with E-state index in [1.54, 1.807) is 12.1 Å². The van der Waals surface area contributed by atoms with E-state index in [9.17, 15) is 4.79 Å². The number of nitrogens with one attached hydrogen (secondary N) is 1.